The lowest BCUT2D eigenvalue weighted by Crippen LogP contribution is -2.30. The highest BCUT2D eigenvalue weighted by molar-refractivity contribution is 7.98. The van der Waals surface area contributed by atoms with Gasteiger partial charge >= 0.3 is 0 Å². The zero-order valence-corrected chi connectivity index (χ0v) is 19.0. The molecule has 8 nitrogen and oxygen atoms in total. The van der Waals surface area contributed by atoms with Gasteiger partial charge in [0.25, 0.3) is 0 Å². The first kappa shape index (κ1) is 21.6. The average Bonchev–Trinajstić information content (AvgIpc) is 3.19. The van der Waals surface area contributed by atoms with Gasteiger partial charge in [-0.3, -0.25) is 0 Å². The maximum absolute atomic E-state index is 10.2. The van der Waals surface area contributed by atoms with Crippen molar-refractivity contribution in [3.63, 3.8) is 0 Å². The van der Waals surface area contributed by atoms with Crippen LogP contribution in [0.15, 0.2) is 40.4 Å². The summed E-state index contributed by atoms with van der Waals surface area (Å²) < 4.78 is 8.86. The Morgan fingerprint density at radius 3 is 2.70 bits per heavy atom. The quantitative estimate of drug-likeness (QED) is 0.324. The molecule has 1 fully saturated rings. The third-order valence-electron chi connectivity index (χ3n) is 4.41. The van der Waals surface area contributed by atoms with E-state index in [1.807, 2.05) is 12.3 Å². The molecule has 30 heavy (non-hydrogen) atoms. The molecule has 1 saturated heterocycles. The summed E-state index contributed by atoms with van der Waals surface area (Å²) in [6, 6.07) is 6.33. The molecular formula is C19H24N6O2S3. The number of benzene rings is 1. The second-order valence-corrected chi connectivity index (χ2v) is 9.72. The lowest BCUT2D eigenvalue weighted by Gasteiger charge is -2.25. The molecular weight excluding hydrogens is 440 g/mol. The number of thioether (sulfide) groups is 1. The number of nitrogens with one attached hydrogen (secondary N) is 2. The molecule has 0 aliphatic carbocycles. The van der Waals surface area contributed by atoms with Crippen molar-refractivity contribution in [2.75, 3.05) is 56.3 Å². The molecule has 11 heteroatoms. The van der Waals surface area contributed by atoms with Crippen molar-refractivity contribution in [3.05, 3.63) is 30.6 Å². The molecule has 1 aromatic carbocycles. The van der Waals surface area contributed by atoms with Gasteiger partial charge in [-0.15, -0.1) is 11.8 Å². The van der Waals surface area contributed by atoms with E-state index >= 15 is 0 Å². The van der Waals surface area contributed by atoms with E-state index in [1.54, 1.807) is 47.4 Å². The molecule has 2 aromatic heterocycles. The summed E-state index contributed by atoms with van der Waals surface area (Å²) in [5.41, 5.74) is 0.962. The number of aromatic nitrogens is 3. The number of ether oxygens (including phenoxy) is 1. The first-order valence-electron chi connectivity index (χ1n) is 9.63. The van der Waals surface area contributed by atoms with Crippen molar-refractivity contribution in [1.82, 2.24) is 19.3 Å². The van der Waals surface area contributed by atoms with Crippen LogP contribution >= 0.6 is 35.0 Å². The monoisotopic (exact) mass is 464 g/mol. The van der Waals surface area contributed by atoms with Gasteiger partial charge < -0.3 is 20.5 Å². The summed E-state index contributed by atoms with van der Waals surface area (Å²) in [6.45, 7) is 4.21. The van der Waals surface area contributed by atoms with Crippen LogP contribution in [0, 0.1) is 0 Å². The topological polar surface area (TPSA) is 95.4 Å². The summed E-state index contributed by atoms with van der Waals surface area (Å²) in [7, 11) is 0. The Balaban J connectivity index is 1.27. The maximum atomic E-state index is 10.2. The Kier molecular flexibility index (Phi) is 7.63. The zero-order chi connectivity index (χ0) is 20.8. The average molecular weight is 465 g/mol. The number of thiazole rings is 1. The lowest BCUT2D eigenvalue weighted by atomic mass is 10.3. The van der Waals surface area contributed by atoms with Gasteiger partial charge in [-0.25, -0.2) is 19.3 Å². The second-order valence-electron chi connectivity index (χ2n) is 6.64. The van der Waals surface area contributed by atoms with E-state index in [9.17, 15) is 5.11 Å². The van der Waals surface area contributed by atoms with E-state index in [2.05, 4.69) is 42.0 Å². The van der Waals surface area contributed by atoms with E-state index in [1.165, 1.54) is 4.90 Å². The van der Waals surface area contributed by atoms with E-state index in [0.29, 0.717) is 19.0 Å². The predicted octanol–water partition coefficient (Wildman–Crippen LogP) is 3.03. The summed E-state index contributed by atoms with van der Waals surface area (Å²) in [6.07, 6.45) is 4.91. The van der Waals surface area contributed by atoms with Crippen LogP contribution in [0.25, 0.3) is 10.2 Å². The number of nitrogens with zero attached hydrogens (tertiary/aromatic N) is 4. The van der Waals surface area contributed by atoms with Crippen LogP contribution in [0.1, 0.15) is 0 Å². The number of anilines is 2. The largest absolute Gasteiger partial charge is 0.389 e. The van der Waals surface area contributed by atoms with Crippen LogP contribution in [-0.4, -0.2) is 76.1 Å². The molecule has 0 bridgehead atoms. The Bertz CT molecular complexity index is 949. The highest BCUT2D eigenvalue weighted by Crippen LogP contribution is 2.31. The Hall–Kier alpha value is -1.63. The molecule has 3 aromatic rings. The summed E-state index contributed by atoms with van der Waals surface area (Å²) >= 11 is 4.95. The van der Waals surface area contributed by atoms with Gasteiger partial charge in [-0.05, 0) is 36.4 Å². The first-order chi connectivity index (χ1) is 14.7. The van der Waals surface area contributed by atoms with Crippen molar-refractivity contribution >= 4 is 56.3 Å². The lowest BCUT2D eigenvalue weighted by molar-refractivity contribution is 0.0773. The van der Waals surface area contributed by atoms with Crippen molar-refractivity contribution in [3.8, 4) is 0 Å². The third kappa shape index (κ3) is 5.96. The molecule has 3 heterocycles. The van der Waals surface area contributed by atoms with Crippen LogP contribution < -0.4 is 10.6 Å². The van der Waals surface area contributed by atoms with Gasteiger partial charge in [-0.1, -0.05) is 11.3 Å². The smallest absolute Gasteiger partial charge is 0.222 e. The van der Waals surface area contributed by atoms with Crippen LogP contribution in [0.4, 0.5) is 11.1 Å². The number of fused-ring (bicyclic) bond motifs is 1. The SMILES string of the molecule is CSc1cnc(NCC(O)CNc2nc3ccc(SN4CCOCC4)cc3s2)nc1. The third-order valence-corrected chi connectivity index (χ3v) is 7.16. The van der Waals surface area contributed by atoms with E-state index in [0.717, 1.165) is 46.5 Å². The van der Waals surface area contributed by atoms with Gasteiger partial charge in [0, 0.05) is 48.4 Å². The normalized spacial score (nSPS) is 15.9. The second kappa shape index (κ2) is 10.6. The highest BCUT2D eigenvalue weighted by Gasteiger charge is 2.13. The summed E-state index contributed by atoms with van der Waals surface area (Å²) in [5.74, 6) is 0.511. The molecule has 0 amide bonds. The highest BCUT2D eigenvalue weighted by atomic mass is 32.2. The van der Waals surface area contributed by atoms with Crippen LogP contribution in [0.5, 0.6) is 0 Å². The summed E-state index contributed by atoms with van der Waals surface area (Å²) in [5, 5.41) is 17.3. The Morgan fingerprint density at radius 2 is 1.93 bits per heavy atom. The van der Waals surface area contributed by atoms with Gasteiger partial charge in [0.15, 0.2) is 5.13 Å². The molecule has 1 unspecified atom stereocenters. The fourth-order valence-corrected chi connectivity index (χ4v) is 5.06. The molecule has 1 aliphatic rings. The first-order valence-corrected chi connectivity index (χ1v) is 12.4. The minimum atomic E-state index is -0.590. The standard InChI is InChI=1S/C19H24N6O2S3/c1-28-15-11-21-18(22-12-15)20-9-13(26)10-23-19-24-16-3-2-14(8-17(16)29-19)30-25-4-6-27-7-5-25/h2-3,8,11-13,26H,4-7,9-10H2,1H3,(H,23,24)(H,20,21,22). The molecule has 0 saturated carbocycles. The minimum Gasteiger partial charge on any atom is -0.389 e. The van der Waals surface area contributed by atoms with Crippen molar-refractivity contribution < 1.29 is 9.84 Å². The molecule has 160 valence electrons. The summed E-state index contributed by atoms with van der Waals surface area (Å²) in [4.78, 5) is 15.3. The fraction of sp³-hybridized carbons (Fsp3) is 0.421. The van der Waals surface area contributed by atoms with Crippen LogP contribution in [0.2, 0.25) is 0 Å². The Labute approximate surface area is 188 Å². The van der Waals surface area contributed by atoms with Crippen LogP contribution in [0.3, 0.4) is 0 Å². The number of aliphatic hydroxyl groups is 1. The molecule has 0 radical (unpaired) electrons. The predicted molar refractivity (Wildman–Crippen MR) is 125 cm³/mol. The van der Waals surface area contributed by atoms with E-state index in [4.69, 9.17) is 4.74 Å². The van der Waals surface area contributed by atoms with Crippen molar-refractivity contribution in [2.45, 2.75) is 15.9 Å². The number of rotatable bonds is 9. The van der Waals surface area contributed by atoms with Gasteiger partial charge in [-0.2, -0.15) is 0 Å². The van der Waals surface area contributed by atoms with E-state index in [-0.39, 0.29) is 0 Å². The molecule has 0 spiro atoms. The number of aliphatic hydroxyl groups excluding tert-OH is 1. The fourth-order valence-electron chi connectivity index (χ4n) is 2.82. The minimum absolute atomic E-state index is 0.358. The van der Waals surface area contributed by atoms with Gasteiger partial charge in [0.2, 0.25) is 5.95 Å². The van der Waals surface area contributed by atoms with Crippen molar-refractivity contribution in [2.24, 2.45) is 0 Å². The number of hydrogen-bond acceptors (Lipinski definition) is 11. The molecule has 4 rings (SSSR count). The van der Waals surface area contributed by atoms with Crippen molar-refractivity contribution in [1.29, 1.82) is 0 Å². The molecule has 3 N–H and O–H groups in total. The van der Waals surface area contributed by atoms with E-state index < -0.39 is 6.10 Å². The number of hydrogen-bond donors (Lipinski definition) is 3. The maximum Gasteiger partial charge on any atom is 0.222 e. The zero-order valence-electron chi connectivity index (χ0n) is 16.6. The van der Waals surface area contributed by atoms with Gasteiger partial charge in [0.05, 0.1) is 29.5 Å². The molecule has 1 aliphatic heterocycles. The van der Waals surface area contributed by atoms with Gasteiger partial charge in [0.1, 0.15) is 0 Å². The molecule has 1 atom stereocenters. The van der Waals surface area contributed by atoms with Crippen LogP contribution in [-0.2, 0) is 4.74 Å². The Morgan fingerprint density at radius 1 is 1.17 bits per heavy atom. The number of morpholine rings is 1.